The molecule has 2 aromatic carbocycles. The molecular weight excluding hydrogens is 464 g/mol. The second-order valence-corrected chi connectivity index (χ2v) is 10.3. The first-order chi connectivity index (χ1) is 18.0. The van der Waals surface area contributed by atoms with Gasteiger partial charge in [-0.05, 0) is 60.9 Å². The number of nitrogens with one attached hydrogen (secondary N) is 1. The summed E-state index contributed by atoms with van der Waals surface area (Å²) in [4.78, 5) is 25.5. The number of aromatic nitrogens is 1. The third-order valence-corrected chi connectivity index (χ3v) is 6.82. The standard InChI is InChI=1S/C31H38N2O4/c1-23(2)18-26(33-17-7-6-16-30(33)34)21-32-29(20-31(35)36-22-24-10-4-3-5-11-24)25-12-8-15-28(19-25)37-27-13-9-14-27/h3-8,10-12,15-17,19,23,26-27,29,32H,9,13-14,18,20-22H2,1-2H3. The molecule has 0 aliphatic heterocycles. The Morgan fingerprint density at radius 1 is 1.03 bits per heavy atom. The van der Waals surface area contributed by atoms with E-state index < -0.39 is 0 Å². The molecule has 1 N–H and O–H groups in total. The SMILES string of the molecule is CC(C)CC(CNC(CC(=O)OCc1ccccc1)c1cccc(OC2CCC2)c1)n1ccccc1=O. The van der Waals surface area contributed by atoms with Crippen molar-refractivity contribution in [2.75, 3.05) is 6.54 Å². The predicted molar refractivity (Wildman–Crippen MR) is 146 cm³/mol. The number of hydrogen-bond donors (Lipinski definition) is 1. The van der Waals surface area contributed by atoms with Gasteiger partial charge in [0.1, 0.15) is 12.4 Å². The van der Waals surface area contributed by atoms with Crippen LogP contribution in [0.15, 0.2) is 83.8 Å². The largest absolute Gasteiger partial charge is 0.490 e. The van der Waals surface area contributed by atoms with Crippen LogP contribution in [0.4, 0.5) is 0 Å². The molecule has 3 aromatic rings. The van der Waals surface area contributed by atoms with E-state index in [0.717, 1.165) is 36.1 Å². The zero-order valence-electron chi connectivity index (χ0n) is 21.8. The van der Waals surface area contributed by atoms with Gasteiger partial charge in [-0.1, -0.05) is 62.4 Å². The molecule has 1 saturated carbocycles. The summed E-state index contributed by atoms with van der Waals surface area (Å²) in [5.74, 6) is 0.959. The maximum absolute atomic E-state index is 12.9. The first kappa shape index (κ1) is 26.7. The minimum atomic E-state index is -0.276. The van der Waals surface area contributed by atoms with Gasteiger partial charge in [0.25, 0.3) is 5.56 Å². The lowest BCUT2D eigenvalue weighted by molar-refractivity contribution is -0.145. The molecule has 6 nitrogen and oxygen atoms in total. The topological polar surface area (TPSA) is 69.6 Å². The molecule has 4 rings (SSSR count). The van der Waals surface area contributed by atoms with Crippen LogP contribution in [0, 0.1) is 5.92 Å². The zero-order valence-corrected chi connectivity index (χ0v) is 21.8. The van der Waals surface area contributed by atoms with Crippen LogP contribution in [-0.2, 0) is 16.1 Å². The lowest BCUT2D eigenvalue weighted by Gasteiger charge is -2.28. The van der Waals surface area contributed by atoms with Crippen LogP contribution in [0.1, 0.15) is 69.2 Å². The zero-order chi connectivity index (χ0) is 26.0. The monoisotopic (exact) mass is 502 g/mol. The van der Waals surface area contributed by atoms with Crippen molar-refractivity contribution in [1.29, 1.82) is 0 Å². The van der Waals surface area contributed by atoms with Gasteiger partial charge in [0.15, 0.2) is 0 Å². The minimum Gasteiger partial charge on any atom is -0.490 e. The first-order valence-corrected chi connectivity index (χ1v) is 13.3. The summed E-state index contributed by atoms with van der Waals surface area (Å²) in [6.07, 6.45) is 6.51. The van der Waals surface area contributed by atoms with E-state index in [4.69, 9.17) is 9.47 Å². The van der Waals surface area contributed by atoms with Crippen molar-refractivity contribution >= 4 is 5.97 Å². The fraction of sp³-hybridized carbons (Fsp3) is 0.419. The fourth-order valence-electron chi connectivity index (χ4n) is 4.62. The molecule has 2 unspecified atom stereocenters. The second kappa shape index (κ2) is 13.2. The van der Waals surface area contributed by atoms with Crippen molar-refractivity contribution in [1.82, 2.24) is 9.88 Å². The van der Waals surface area contributed by atoms with Gasteiger partial charge in [-0.3, -0.25) is 9.59 Å². The Morgan fingerprint density at radius 2 is 1.81 bits per heavy atom. The van der Waals surface area contributed by atoms with Crippen LogP contribution in [0.25, 0.3) is 0 Å². The van der Waals surface area contributed by atoms with E-state index in [2.05, 4.69) is 19.2 Å². The van der Waals surface area contributed by atoms with Crippen LogP contribution in [0.5, 0.6) is 5.75 Å². The van der Waals surface area contributed by atoms with Crippen LogP contribution in [0.2, 0.25) is 0 Å². The highest BCUT2D eigenvalue weighted by molar-refractivity contribution is 5.70. The van der Waals surface area contributed by atoms with Gasteiger partial charge in [0.2, 0.25) is 0 Å². The molecule has 0 bridgehead atoms. The normalized spacial score (nSPS) is 15.1. The number of nitrogens with zero attached hydrogens (tertiary/aromatic N) is 1. The number of esters is 1. The summed E-state index contributed by atoms with van der Waals surface area (Å²) in [5.41, 5.74) is 1.90. The molecule has 2 atom stereocenters. The van der Waals surface area contributed by atoms with Crippen LogP contribution in [-0.4, -0.2) is 23.2 Å². The Labute approximate surface area is 219 Å². The first-order valence-electron chi connectivity index (χ1n) is 13.3. The second-order valence-electron chi connectivity index (χ2n) is 10.3. The van der Waals surface area contributed by atoms with E-state index in [1.807, 2.05) is 66.9 Å². The summed E-state index contributed by atoms with van der Waals surface area (Å²) >= 11 is 0. The Kier molecular flexibility index (Phi) is 9.55. The highest BCUT2D eigenvalue weighted by Crippen LogP contribution is 2.28. The van der Waals surface area contributed by atoms with Crippen molar-refractivity contribution in [3.63, 3.8) is 0 Å². The Hall–Kier alpha value is -3.38. The van der Waals surface area contributed by atoms with E-state index >= 15 is 0 Å². The van der Waals surface area contributed by atoms with Crippen molar-refractivity contribution in [3.05, 3.63) is 100 Å². The van der Waals surface area contributed by atoms with E-state index in [1.165, 1.54) is 6.42 Å². The number of carbonyl (C=O) groups excluding carboxylic acids is 1. The molecule has 0 saturated heterocycles. The molecule has 1 fully saturated rings. The smallest absolute Gasteiger partial charge is 0.308 e. The van der Waals surface area contributed by atoms with Gasteiger partial charge in [0, 0.05) is 30.9 Å². The third-order valence-electron chi connectivity index (χ3n) is 6.82. The third kappa shape index (κ3) is 8.05. The Morgan fingerprint density at radius 3 is 2.51 bits per heavy atom. The van der Waals surface area contributed by atoms with E-state index in [0.29, 0.717) is 12.5 Å². The molecule has 0 spiro atoms. The fourth-order valence-corrected chi connectivity index (χ4v) is 4.62. The number of pyridine rings is 1. The minimum absolute atomic E-state index is 0.0235. The van der Waals surface area contributed by atoms with E-state index in [-0.39, 0.29) is 42.7 Å². The molecule has 1 aliphatic rings. The van der Waals surface area contributed by atoms with Crippen LogP contribution < -0.4 is 15.6 Å². The molecule has 37 heavy (non-hydrogen) atoms. The molecule has 1 heterocycles. The summed E-state index contributed by atoms with van der Waals surface area (Å²) < 4.78 is 13.5. The van der Waals surface area contributed by atoms with E-state index in [1.54, 1.807) is 16.7 Å². The number of benzene rings is 2. The average Bonchev–Trinajstić information content (AvgIpc) is 2.87. The molecule has 196 valence electrons. The molecule has 0 radical (unpaired) electrons. The Balaban J connectivity index is 1.50. The van der Waals surface area contributed by atoms with Gasteiger partial charge in [-0.15, -0.1) is 0 Å². The van der Waals surface area contributed by atoms with E-state index in [9.17, 15) is 9.59 Å². The van der Waals surface area contributed by atoms with Crippen LogP contribution in [0.3, 0.4) is 0 Å². The highest BCUT2D eigenvalue weighted by Gasteiger charge is 2.23. The summed E-state index contributed by atoms with van der Waals surface area (Å²) in [5, 5.41) is 3.59. The average molecular weight is 503 g/mol. The molecule has 0 amide bonds. The molecule has 1 aliphatic carbocycles. The lowest BCUT2D eigenvalue weighted by atomic mass is 9.96. The van der Waals surface area contributed by atoms with Crippen molar-refractivity contribution in [3.8, 4) is 5.75 Å². The summed E-state index contributed by atoms with van der Waals surface area (Å²) in [6, 6.07) is 22.6. The van der Waals surface area contributed by atoms with Crippen LogP contribution >= 0.6 is 0 Å². The van der Waals surface area contributed by atoms with Gasteiger partial charge in [-0.25, -0.2) is 0 Å². The summed E-state index contributed by atoms with van der Waals surface area (Å²) in [6.45, 7) is 5.10. The van der Waals surface area contributed by atoms with Gasteiger partial charge >= 0.3 is 5.97 Å². The maximum atomic E-state index is 12.9. The van der Waals surface area contributed by atoms with Crippen molar-refractivity contribution in [2.45, 2.75) is 70.7 Å². The number of ether oxygens (including phenoxy) is 2. The van der Waals surface area contributed by atoms with Crippen molar-refractivity contribution in [2.24, 2.45) is 5.92 Å². The molecule has 6 heteroatoms. The van der Waals surface area contributed by atoms with Gasteiger partial charge in [-0.2, -0.15) is 0 Å². The van der Waals surface area contributed by atoms with Gasteiger partial charge in [0.05, 0.1) is 12.5 Å². The highest BCUT2D eigenvalue weighted by atomic mass is 16.5. The number of rotatable bonds is 13. The predicted octanol–water partition coefficient (Wildman–Crippen LogP) is 5.83. The van der Waals surface area contributed by atoms with Gasteiger partial charge < -0.3 is 19.4 Å². The summed E-state index contributed by atoms with van der Waals surface area (Å²) in [7, 11) is 0. The Bertz CT molecular complexity index is 1190. The maximum Gasteiger partial charge on any atom is 0.308 e. The number of carbonyl (C=O) groups is 1. The quantitative estimate of drug-likeness (QED) is 0.298. The molecule has 1 aromatic heterocycles. The number of hydrogen-bond acceptors (Lipinski definition) is 5. The van der Waals surface area contributed by atoms with Crippen molar-refractivity contribution < 1.29 is 14.3 Å². The molecular formula is C31H38N2O4. The lowest BCUT2D eigenvalue weighted by Crippen LogP contribution is -2.35.